The van der Waals surface area contributed by atoms with Crippen LogP contribution in [-0.4, -0.2) is 17.5 Å². The summed E-state index contributed by atoms with van der Waals surface area (Å²) in [5.74, 6) is 0.599. The highest BCUT2D eigenvalue weighted by Crippen LogP contribution is 2.17. The lowest BCUT2D eigenvalue weighted by atomic mass is 9.93. The minimum Gasteiger partial charge on any atom is -0.313 e. The van der Waals surface area contributed by atoms with Gasteiger partial charge in [0, 0.05) is 18.2 Å². The molecule has 0 saturated heterocycles. The second-order valence-corrected chi connectivity index (χ2v) is 5.07. The fourth-order valence-corrected chi connectivity index (χ4v) is 2.10. The molecule has 0 amide bonds. The average Bonchev–Trinajstić information content (AvgIpc) is 2.43. The molecular formula is C15H24N2O2. The Labute approximate surface area is 115 Å². The molecule has 0 spiro atoms. The highest BCUT2D eigenvalue weighted by molar-refractivity contribution is 5.33. The third kappa shape index (κ3) is 4.99. The molecule has 4 nitrogen and oxygen atoms in total. The molecule has 0 saturated carbocycles. The molecule has 1 aromatic carbocycles. The smallest absolute Gasteiger partial charge is 0.269 e. The third-order valence-electron chi connectivity index (χ3n) is 3.59. The van der Waals surface area contributed by atoms with Gasteiger partial charge in [-0.3, -0.25) is 10.1 Å². The molecule has 0 aliphatic heterocycles. The molecule has 0 aliphatic carbocycles. The topological polar surface area (TPSA) is 55.2 Å². The minimum atomic E-state index is -0.356. The second kappa shape index (κ2) is 7.89. The summed E-state index contributed by atoms with van der Waals surface area (Å²) in [5.41, 5.74) is 1.31. The molecule has 0 aliphatic rings. The maximum Gasteiger partial charge on any atom is 0.269 e. The monoisotopic (exact) mass is 264 g/mol. The van der Waals surface area contributed by atoms with Crippen molar-refractivity contribution >= 4 is 5.69 Å². The first kappa shape index (κ1) is 15.6. The van der Waals surface area contributed by atoms with Crippen LogP contribution in [0.5, 0.6) is 0 Å². The number of benzene rings is 1. The molecule has 2 atom stereocenters. The highest BCUT2D eigenvalue weighted by Gasteiger charge is 2.16. The Morgan fingerprint density at radius 3 is 2.37 bits per heavy atom. The third-order valence-corrected chi connectivity index (χ3v) is 3.59. The van der Waals surface area contributed by atoms with Crippen molar-refractivity contribution < 1.29 is 4.92 Å². The van der Waals surface area contributed by atoms with E-state index in [0.717, 1.165) is 31.4 Å². The van der Waals surface area contributed by atoms with Gasteiger partial charge in [0.25, 0.3) is 5.69 Å². The van der Waals surface area contributed by atoms with Crippen molar-refractivity contribution in [2.24, 2.45) is 5.92 Å². The molecule has 0 fully saturated rings. The van der Waals surface area contributed by atoms with Gasteiger partial charge in [-0.25, -0.2) is 0 Å². The zero-order valence-electron chi connectivity index (χ0n) is 12.1. The fraction of sp³-hybridized carbons (Fsp3) is 0.600. The van der Waals surface area contributed by atoms with Crippen LogP contribution in [0.1, 0.15) is 39.2 Å². The predicted octanol–water partition coefficient (Wildman–Crippen LogP) is 3.55. The SMILES string of the molecule is CCCNC(Cc1ccc([N+](=O)[O-])cc1)C(C)CC. The predicted molar refractivity (Wildman–Crippen MR) is 78.3 cm³/mol. The molecule has 4 heteroatoms. The van der Waals surface area contributed by atoms with E-state index in [9.17, 15) is 10.1 Å². The van der Waals surface area contributed by atoms with Gasteiger partial charge in [0.1, 0.15) is 0 Å². The first-order valence-corrected chi connectivity index (χ1v) is 7.05. The van der Waals surface area contributed by atoms with E-state index >= 15 is 0 Å². The van der Waals surface area contributed by atoms with E-state index in [-0.39, 0.29) is 10.6 Å². The van der Waals surface area contributed by atoms with Crippen LogP contribution in [0.2, 0.25) is 0 Å². The van der Waals surface area contributed by atoms with Crippen LogP contribution in [0.15, 0.2) is 24.3 Å². The maximum atomic E-state index is 10.6. The van der Waals surface area contributed by atoms with Crippen molar-refractivity contribution in [1.82, 2.24) is 5.32 Å². The Bertz CT molecular complexity index is 390. The molecule has 1 N–H and O–H groups in total. The van der Waals surface area contributed by atoms with E-state index in [1.165, 1.54) is 0 Å². The molecule has 0 bridgehead atoms. The van der Waals surface area contributed by atoms with Crippen molar-refractivity contribution in [2.45, 2.75) is 46.1 Å². The van der Waals surface area contributed by atoms with Gasteiger partial charge in [0.05, 0.1) is 4.92 Å². The van der Waals surface area contributed by atoms with Crippen molar-refractivity contribution in [3.63, 3.8) is 0 Å². The summed E-state index contributed by atoms with van der Waals surface area (Å²) in [6.45, 7) is 7.62. The number of nitrogens with one attached hydrogen (secondary N) is 1. The van der Waals surface area contributed by atoms with Gasteiger partial charge in [0.15, 0.2) is 0 Å². The first-order chi connectivity index (χ1) is 9.08. The summed E-state index contributed by atoms with van der Waals surface area (Å²) in [6.07, 6.45) is 3.18. The molecular weight excluding hydrogens is 240 g/mol. The number of rotatable bonds is 8. The number of hydrogen-bond acceptors (Lipinski definition) is 3. The van der Waals surface area contributed by atoms with Crippen LogP contribution in [0, 0.1) is 16.0 Å². The zero-order chi connectivity index (χ0) is 14.3. The van der Waals surface area contributed by atoms with Crippen molar-refractivity contribution in [3.05, 3.63) is 39.9 Å². The molecule has 0 aromatic heterocycles. The lowest BCUT2D eigenvalue weighted by Crippen LogP contribution is -2.37. The zero-order valence-corrected chi connectivity index (χ0v) is 12.1. The second-order valence-electron chi connectivity index (χ2n) is 5.07. The number of nitro benzene ring substituents is 1. The van der Waals surface area contributed by atoms with Gasteiger partial charge in [0.2, 0.25) is 0 Å². The standard InChI is InChI=1S/C15H24N2O2/c1-4-10-16-15(12(3)5-2)11-13-6-8-14(9-7-13)17(18)19/h6-9,12,15-16H,4-5,10-11H2,1-3H3. The lowest BCUT2D eigenvalue weighted by molar-refractivity contribution is -0.384. The number of non-ortho nitro benzene ring substituents is 1. The van der Waals surface area contributed by atoms with E-state index in [1.54, 1.807) is 12.1 Å². The van der Waals surface area contributed by atoms with E-state index in [0.29, 0.717) is 12.0 Å². The normalized spacial score (nSPS) is 14.1. The van der Waals surface area contributed by atoms with Gasteiger partial charge in [-0.2, -0.15) is 0 Å². The lowest BCUT2D eigenvalue weighted by Gasteiger charge is -2.24. The van der Waals surface area contributed by atoms with E-state index in [1.807, 2.05) is 12.1 Å². The van der Waals surface area contributed by atoms with Crippen molar-refractivity contribution in [3.8, 4) is 0 Å². The average molecular weight is 264 g/mol. The molecule has 1 rings (SSSR count). The van der Waals surface area contributed by atoms with Gasteiger partial charge in [-0.1, -0.05) is 39.3 Å². The fourth-order valence-electron chi connectivity index (χ4n) is 2.10. The van der Waals surface area contributed by atoms with Crippen LogP contribution in [-0.2, 0) is 6.42 Å². The largest absolute Gasteiger partial charge is 0.313 e. The summed E-state index contributed by atoms with van der Waals surface area (Å²) in [7, 11) is 0. The van der Waals surface area contributed by atoms with E-state index in [2.05, 4.69) is 26.1 Å². The van der Waals surface area contributed by atoms with E-state index < -0.39 is 0 Å². The quantitative estimate of drug-likeness (QED) is 0.577. The minimum absolute atomic E-state index is 0.158. The van der Waals surface area contributed by atoms with Crippen LogP contribution >= 0.6 is 0 Å². The summed E-state index contributed by atoms with van der Waals surface area (Å²) >= 11 is 0. The molecule has 0 heterocycles. The van der Waals surface area contributed by atoms with Crippen molar-refractivity contribution in [2.75, 3.05) is 6.54 Å². The van der Waals surface area contributed by atoms with Gasteiger partial charge < -0.3 is 5.32 Å². The number of nitrogens with zero attached hydrogens (tertiary/aromatic N) is 1. The Kier molecular flexibility index (Phi) is 6.50. The Morgan fingerprint density at radius 2 is 1.89 bits per heavy atom. The Balaban J connectivity index is 2.69. The number of hydrogen-bond donors (Lipinski definition) is 1. The van der Waals surface area contributed by atoms with Gasteiger partial charge in [-0.15, -0.1) is 0 Å². The Hall–Kier alpha value is -1.42. The van der Waals surface area contributed by atoms with Gasteiger partial charge in [-0.05, 0) is 30.9 Å². The molecule has 106 valence electrons. The van der Waals surface area contributed by atoms with Crippen LogP contribution in [0.3, 0.4) is 0 Å². The number of nitro groups is 1. The summed E-state index contributed by atoms with van der Waals surface area (Å²) in [6, 6.07) is 7.33. The first-order valence-electron chi connectivity index (χ1n) is 7.05. The molecule has 0 radical (unpaired) electrons. The van der Waals surface area contributed by atoms with Crippen LogP contribution in [0.25, 0.3) is 0 Å². The maximum absolute atomic E-state index is 10.6. The van der Waals surface area contributed by atoms with Crippen LogP contribution in [0.4, 0.5) is 5.69 Å². The molecule has 19 heavy (non-hydrogen) atoms. The molecule has 2 unspecified atom stereocenters. The van der Waals surface area contributed by atoms with Crippen LogP contribution < -0.4 is 5.32 Å². The van der Waals surface area contributed by atoms with Gasteiger partial charge >= 0.3 is 0 Å². The Morgan fingerprint density at radius 1 is 1.26 bits per heavy atom. The van der Waals surface area contributed by atoms with Crippen molar-refractivity contribution in [1.29, 1.82) is 0 Å². The summed E-state index contributed by atoms with van der Waals surface area (Å²) < 4.78 is 0. The summed E-state index contributed by atoms with van der Waals surface area (Å²) in [4.78, 5) is 10.3. The highest BCUT2D eigenvalue weighted by atomic mass is 16.6. The van der Waals surface area contributed by atoms with E-state index in [4.69, 9.17) is 0 Å². The summed E-state index contributed by atoms with van der Waals surface area (Å²) in [5, 5.41) is 14.2. The molecule has 1 aromatic rings.